The van der Waals surface area contributed by atoms with Crippen LogP contribution in [-0.4, -0.2) is 35.3 Å². The molecular formula is C21H22N6O. The van der Waals surface area contributed by atoms with Crippen molar-refractivity contribution >= 4 is 11.7 Å². The molecule has 0 bridgehead atoms. The Balaban J connectivity index is 1.78. The van der Waals surface area contributed by atoms with Gasteiger partial charge in [-0.2, -0.15) is 0 Å². The number of oxime groups is 1. The Morgan fingerprint density at radius 2 is 1.25 bits per heavy atom. The van der Waals surface area contributed by atoms with Crippen LogP contribution in [0.2, 0.25) is 0 Å². The molecule has 0 saturated carbocycles. The third-order valence-corrected chi connectivity index (χ3v) is 4.12. The van der Waals surface area contributed by atoms with Crippen molar-refractivity contribution in [3.8, 4) is 22.3 Å². The summed E-state index contributed by atoms with van der Waals surface area (Å²) in [5, 5.41) is 3.68. The van der Waals surface area contributed by atoms with E-state index < -0.39 is 0 Å². The lowest BCUT2D eigenvalue weighted by Crippen LogP contribution is -2.15. The number of hydrogen-bond donors (Lipinski definition) is 2. The number of hydrogen-bond acceptors (Lipinski definition) is 5. The highest BCUT2D eigenvalue weighted by Gasteiger charge is 2.05. The average molecular weight is 374 g/mol. The van der Waals surface area contributed by atoms with Crippen LogP contribution in [-0.2, 0) is 4.84 Å². The molecule has 3 aromatic rings. The van der Waals surface area contributed by atoms with Crippen molar-refractivity contribution in [2.45, 2.75) is 6.92 Å². The van der Waals surface area contributed by atoms with E-state index >= 15 is 0 Å². The lowest BCUT2D eigenvalue weighted by molar-refractivity contribution is 0.213. The molecule has 0 unspecified atom stereocenters. The van der Waals surface area contributed by atoms with Gasteiger partial charge in [0.15, 0.2) is 5.84 Å². The molecule has 28 heavy (non-hydrogen) atoms. The van der Waals surface area contributed by atoms with Crippen LogP contribution in [0, 0.1) is 0 Å². The number of aliphatic imine (C=N–C) groups is 1. The molecule has 0 atom stereocenters. The molecule has 0 aliphatic rings. The molecule has 1 aromatic carbocycles. The molecule has 0 amide bonds. The standard InChI is InChI=1S/C21H22N6O/c1-3-24-20(22)18-10-8-16(12-25-18)14-4-6-15(7-5-14)17-9-11-19(26-13-17)21(23)27-28-2/h4-13H,3H2,1-2H3,(H2,22,24)(H2,23,27). The molecular weight excluding hydrogens is 352 g/mol. The monoisotopic (exact) mass is 374 g/mol. The number of nitrogens with zero attached hydrogens (tertiary/aromatic N) is 4. The molecule has 0 aliphatic carbocycles. The molecule has 2 aromatic heterocycles. The van der Waals surface area contributed by atoms with Crippen molar-refractivity contribution in [2.24, 2.45) is 21.6 Å². The summed E-state index contributed by atoms with van der Waals surface area (Å²) in [5.41, 5.74) is 17.0. The van der Waals surface area contributed by atoms with Gasteiger partial charge in [0.25, 0.3) is 0 Å². The van der Waals surface area contributed by atoms with Crippen molar-refractivity contribution in [2.75, 3.05) is 13.7 Å². The van der Waals surface area contributed by atoms with Crippen molar-refractivity contribution in [3.63, 3.8) is 0 Å². The van der Waals surface area contributed by atoms with Gasteiger partial charge < -0.3 is 16.3 Å². The molecule has 0 fully saturated rings. The number of amidine groups is 2. The Kier molecular flexibility index (Phi) is 5.96. The highest BCUT2D eigenvalue weighted by atomic mass is 16.6. The SMILES string of the molecule is CC/N=C(\N)c1ccc(-c2ccc(-c3ccc(/C(N)=N/OC)nc3)cc2)cn1. The number of benzene rings is 1. The second kappa shape index (κ2) is 8.77. The van der Waals surface area contributed by atoms with Gasteiger partial charge in [0.05, 0.1) is 0 Å². The summed E-state index contributed by atoms with van der Waals surface area (Å²) >= 11 is 0. The van der Waals surface area contributed by atoms with Gasteiger partial charge in [-0.3, -0.25) is 15.0 Å². The Morgan fingerprint density at radius 1 is 0.786 bits per heavy atom. The molecule has 0 spiro atoms. The summed E-state index contributed by atoms with van der Waals surface area (Å²) in [6.45, 7) is 2.58. The minimum absolute atomic E-state index is 0.241. The topological polar surface area (TPSA) is 112 Å². The predicted octanol–water partition coefficient (Wildman–Crippen LogP) is 2.80. The molecule has 0 aliphatic heterocycles. The molecule has 0 radical (unpaired) electrons. The van der Waals surface area contributed by atoms with Crippen LogP contribution in [0.4, 0.5) is 0 Å². The number of pyridine rings is 2. The van der Waals surface area contributed by atoms with Gasteiger partial charge in [0, 0.05) is 30.1 Å². The second-order valence-corrected chi connectivity index (χ2v) is 5.96. The maximum absolute atomic E-state index is 5.88. The van der Waals surface area contributed by atoms with E-state index in [2.05, 4.69) is 25.0 Å². The first-order chi connectivity index (χ1) is 13.6. The fourth-order valence-corrected chi connectivity index (χ4v) is 2.68. The van der Waals surface area contributed by atoms with E-state index in [1.807, 2.05) is 55.5 Å². The Bertz CT molecular complexity index is 894. The summed E-state index contributed by atoms with van der Waals surface area (Å²) in [6.07, 6.45) is 3.56. The molecule has 3 rings (SSSR count). The average Bonchev–Trinajstić information content (AvgIpc) is 2.74. The van der Waals surface area contributed by atoms with Crippen molar-refractivity contribution in [1.29, 1.82) is 0 Å². The van der Waals surface area contributed by atoms with Gasteiger partial charge in [-0.25, -0.2) is 0 Å². The third-order valence-electron chi connectivity index (χ3n) is 4.12. The largest absolute Gasteiger partial charge is 0.397 e. The van der Waals surface area contributed by atoms with Crippen LogP contribution >= 0.6 is 0 Å². The maximum atomic E-state index is 5.88. The molecule has 7 nitrogen and oxygen atoms in total. The lowest BCUT2D eigenvalue weighted by atomic mass is 10.0. The normalized spacial score (nSPS) is 12.1. The highest BCUT2D eigenvalue weighted by Crippen LogP contribution is 2.24. The zero-order valence-electron chi connectivity index (χ0n) is 15.8. The van der Waals surface area contributed by atoms with E-state index in [4.69, 9.17) is 11.5 Å². The van der Waals surface area contributed by atoms with Gasteiger partial charge in [0.2, 0.25) is 0 Å². The Hall–Kier alpha value is -3.74. The van der Waals surface area contributed by atoms with Crippen LogP contribution in [0.15, 0.2) is 71.1 Å². The zero-order valence-corrected chi connectivity index (χ0v) is 15.8. The van der Waals surface area contributed by atoms with Crippen LogP contribution in [0.25, 0.3) is 22.3 Å². The van der Waals surface area contributed by atoms with E-state index in [0.29, 0.717) is 23.8 Å². The van der Waals surface area contributed by atoms with E-state index in [9.17, 15) is 0 Å². The summed E-state index contributed by atoms with van der Waals surface area (Å²) in [5.74, 6) is 0.696. The van der Waals surface area contributed by atoms with Crippen LogP contribution in [0.5, 0.6) is 0 Å². The minimum atomic E-state index is 0.241. The lowest BCUT2D eigenvalue weighted by Gasteiger charge is -2.06. The number of rotatable bonds is 6. The summed E-state index contributed by atoms with van der Waals surface area (Å²) in [7, 11) is 1.44. The molecule has 4 N–H and O–H groups in total. The van der Waals surface area contributed by atoms with E-state index in [0.717, 1.165) is 22.3 Å². The van der Waals surface area contributed by atoms with Gasteiger partial charge >= 0.3 is 0 Å². The summed E-state index contributed by atoms with van der Waals surface area (Å²) in [6, 6.07) is 15.8. The minimum Gasteiger partial charge on any atom is -0.397 e. The first-order valence-electron chi connectivity index (χ1n) is 8.82. The highest BCUT2D eigenvalue weighted by molar-refractivity contribution is 5.96. The van der Waals surface area contributed by atoms with Crippen LogP contribution < -0.4 is 11.5 Å². The fraction of sp³-hybridized carbons (Fsp3) is 0.143. The van der Waals surface area contributed by atoms with E-state index in [1.165, 1.54) is 7.11 Å². The first kappa shape index (κ1) is 19.0. The van der Waals surface area contributed by atoms with Gasteiger partial charge in [0.1, 0.15) is 24.3 Å². The van der Waals surface area contributed by atoms with Gasteiger partial charge in [-0.1, -0.05) is 41.6 Å². The maximum Gasteiger partial charge on any atom is 0.188 e. The van der Waals surface area contributed by atoms with Crippen LogP contribution in [0.3, 0.4) is 0 Å². The zero-order chi connectivity index (χ0) is 19.9. The summed E-state index contributed by atoms with van der Waals surface area (Å²) < 4.78 is 0. The smallest absolute Gasteiger partial charge is 0.188 e. The van der Waals surface area contributed by atoms with Crippen LogP contribution in [0.1, 0.15) is 18.3 Å². The number of nitrogens with two attached hydrogens (primary N) is 2. The summed E-state index contributed by atoms with van der Waals surface area (Å²) in [4.78, 5) is 17.6. The first-order valence-corrected chi connectivity index (χ1v) is 8.82. The molecule has 142 valence electrons. The van der Waals surface area contributed by atoms with Crippen molar-refractivity contribution < 1.29 is 4.84 Å². The third kappa shape index (κ3) is 4.32. The van der Waals surface area contributed by atoms with E-state index in [1.54, 1.807) is 12.4 Å². The quantitative estimate of drug-likeness (QED) is 0.391. The molecule has 0 saturated heterocycles. The fourth-order valence-electron chi connectivity index (χ4n) is 2.68. The number of aromatic nitrogens is 2. The second-order valence-electron chi connectivity index (χ2n) is 5.96. The molecule has 2 heterocycles. The molecule has 7 heteroatoms. The van der Waals surface area contributed by atoms with Gasteiger partial charge in [-0.15, -0.1) is 0 Å². The Labute approximate surface area is 163 Å². The Morgan fingerprint density at radius 3 is 1.64 bits per heavy atom. The van der Waals surface area contributed by atoms with Gasteiger partial charge in [-0.05, 0) is 30.2 Å². The van der Waals surface area contributed by atoms with Crippen molar-refractivity contribution in [1.82, 2.24) is 9.97 Å². The van der Waals surface area contributed by atoms with E-state index in [-0.39, 0.29) is 5.84 Å². The van der Waals surface area contributed by atoms with Crippen molar-refractivity contribution in [3.05, 3.63) is 72.3 Å². The predicted molar refractivity (Wildman–Crippen MR) is 112 cm³/mol.